The molecule has 0 bridgehead atoms. The fraction of sp³-hybridized carbons (Fsp3) is 0.381. The minimum absolute atomic E-state index is 0.127. The standard InChI is InChI=1S/C21H23F3N2O2/c22-21(23,24)17-9-4-8-16(12-17)19(27)13-25-20(28)18-10-5-11-26(18)14-15-6-2-1-3-7-15/h1-4,6-9,12,18-19,27H,5,10-11,13-14H2,(H,25,28). The van der Waals surface area contributed by atoms with Gasteiger partial charge in [-0.1, -0.05) is 42.5 Å². The van der Waals surface area contributed by atoms with E-state index in [0.717, 1.165) is 37.1 Å². The van der Waals surface area contributed by atoms with Gasteiger partial charge in [-0.3, -0.25) is 9.69 Å². The van der Waals surface area contributed by atoms with Gasteiger partial charge in [0, 0.05) is 13.1 Å². The molecular formula is C21H23F3N2O2. The molecule has 0 aromatic heterocycles. The van der Waals surface area contributed by atoms with Gasteiger partial charge in [-0.05, 0) is 42.6 Å². The van der Waals surface area contributed by atoms with Crippen molar-refractivity contribution in [1.82, 2.24) is 10.2 Å². The highest BCUT2D eigenvalue weighted by molar-refractivity contribution is 5.82. The van der Waals surface area contributed by atoms with Gasteiger partial charge in [-0.25, -0.2) is 0 Å². The summed E-state index contributed by atoms with van der Waals surface area (Å²) >= 11 is 0. The number of benzene rings is 2. The van der Waals surface area contributed by atoms with Crippen LogP contribution in [0.25, 0.3) is 0 Å². The monoisotopic (exact) mass is 392 g/mol. The molecule has 0 spiro atoms. The van der Waals surface area contributed by atoms with Crippen molar-refractivity contribution in [2.75, 3.05) is 13.1 Å². The summed E-state index contributed by atoms with van der Waals surface area (Å²) in [7, 11) is 0. The molecule has 2 N–H and O–H groups in total. The second-order valence-electron chi connectivity index (χ2n) is 7.00. The molecule has 1 aliphatic heterocycles. The van der Waals surface area contributed by atoms with Crippen LogP contribution in [0.1, 0.15) is 35.6 Å². The van der Waals surface area contributed by atoms with Crippen molar-refractivity contribution in [2.45, 2.75) is 37.7 Å². The summed E-state index contributed by atoms with van der Waals surface area (Å²) in [5.41, 5.74) is 0.425. The summed E-state index contributed by atoms with van der Waals surface area (Å²) < 4.78 is 38.4. The zero-order valence-corrected chi connectivity index (χ0v) is 15.3. The molecule has 0 radical (unpaired) electrons. The van der Waals surface area contributed by atoms with E-state index < -0.39 is 17.8 Å². The van der Waals surface area contributed by atoms with Gasteiger partial charge in [0.2, 0.25) is 5.91 Å². The number of amides is 1. The Labute approximate surface area is 162 Å². The lowest BCUT2D eigenvalue weighted by Crippen LogP contribution is -2.44. The average Bonchev–Trinajstić information content (AvgIpc) is 3.14. The second-order valence-corrected chi connectivity index (χ2v) is 7.00. The highest BCUT2D eigenvalue weighted by Crippen LogP contribution is 2.30. The Hall–Kier alpha value is -2.38. The van der Waals surface area contributed by atoms with E-state index >= 15 is 0 Å². The molecule has 2 unspecified atom stereocenters. The summed E-state index contributed by atoms with van der Waals surface area (Å²) in [4.78, 5) is 14.6. The van der Waals surface area contributed by atoms with Gasteiger partial charge in [-0.15, -0.1) is 0 Å². The molecule has 0 saturated carbocycles. The van der Waals surface area contributed by atoms with Crippen LogP contribution in [0, 0.1) is 0 Å². The lowest BCUT2D eigenvalue weighted by atomic mass is 10.1. The maximum absolute atomic E-state index is 12.8. The Kier molecular flexibility index (Phi) is 6.36. The number of nitrogens with zero attached hydrogens (tertiary/aromatic N) is 1. The quantitative estimate of drug-likeness (QED) is 0.791. The number of rotatable bonds is 6. The van der Waals surface area contributed by atoms with Gasteiger partial charge in [-0.2, -0.15) is 13.2 Å². The number of hydrogen-bond acceptors (Lipinski definition) is 3. The Morgan fingerprint density at radius 1 is 1.18 bits per heavy atom. The highest BCUT2D eigenvalue weighted by Gasteiger charge is 2.32. The van der Waals surface area contributed by atoms with Crippen molar-refractivity contribution in [3.8, 4) is 0 Å². The van der Waals surface area contributed by atoms with Crippen LogP contribution in [-0.2, 0) is 17.5 Å². The van der Waals surface area contributed by atoms with Crippen LogP contribution in [0.4, 0.5) is 13.2 Å². The number of aliphatic hydroxyl groups excluding tert-OH is 1. The SMILES string of the molecule is O=C(NCC(O)c1cccc(C(F)(F)F)c1)C1CCCN1Cc1ccccc1. The van der Waals surface area contributed by atoms with Gasteiger partial charge in [0.05, 0.1) is 17.7 Å². The third-order valence-electron chi connectivity index (χ3n) is 4.96. The molecule has 2 aromatic carbocycles. The van der Waals surface area contributed by atoms with Crippen molar-refractivity contribution in [1.29, 1.82) is 0 Å². The normalized spacial score (nSPS) is 18.8. The second kappa shape index (κ2) is 8.75. The van der Waals surface area contributed by atoms with Crippen molar-refractivity contribution >= 4 is 5.91 Å². The number of nitrogens with one attached hydrogen (secondary N) is 1. The number of carbonyl (C=O) groups excluding carboxylic acids is 1. The summed E-state index contributed by atoms with van der Waals surface area (Å²) in [6, 6.07) is 14.1. The zero-order chi connectivity index (χ0) is 20.1. The number of alkyl halides is 3. The number of likely N-dealkylation sites (tertiary alicyclic amines) is 1. The summed E-state index contributed by atoms with van der Waals surface area (Å²) in [5.74, 6) is -0.209. The van der Waals surface area contributed by atoms with Crippen LogP contribution in [0.2, 0.25) is 0 Å². The average molecular weight is 392 g/mol. The third kappa shape index (κ3) is 5.11. The lowest BCUT2D eigenvalue weighted by molar-refractivity contribution is -0.137. The minimum atomic E-state index is -4.47. The van der Waals surface area contributed by atoms with Gasteiger partial charge >= 0.3 is 6.18 Å². The van der Waals surface area contributed by atoms with Gasteiger partial charge in [0.1, 0.15) is 0 Å². The first kappa shape index (κ1) is 20.4. The molecule has 1 saturated heterocycles. The smallest absolute Gasteiger partial charge is 0.387 e. The Morgan fingerprint density at radius 2 is 1.93 bits per heavy atom. The molecule has 1 fully saturated rings. The first-order valence-electron chi connectivity index (χ1n) is 9.25. The maximum atomic E-state index is 12.8. The predicted octanol–water partition coefficient (Wildman–Crippen LogP) is 3.52. The van der Waals surface area contributed by atoms with E-state index in [0.29, 0.717) is 6.54 Å². The van der Waals surface area contributed by atoms with E-state index in [4.69, 9.17) is 0 Å². The van der Waals surface area contributed by atoms with E-state index in [1.165, 1.54) is 12.1 Å². The van der Waals surface area contributed by atoms with E-state index in [2.05, 4.69) is 10.2 Å². The Balaban J connectivity index is 1.57. The number of halogens is 3. The number of aliphatic hydroxyl groups is 1. The molecule has 3 rings (SSSR count). The predicted molar refractivity (Wildman–Crippen MR) is 99.3 cm³/mol. The van der Waals surface area contributed by atoms with Crippen molar-refractivity contribution in [3.63, 3.8) is 0 Å². The van der Waals surface area contributed by atoms with Crippen LogP contribution < -0.4 is 5.32 Å². The third-order valence-corrected chi connectivity index (χ3v) is 4.96. The van der Waals surface area contributed by atoms with Crippen molar-refractivity contribution in [2.24, 2.45) is 0 Å². The van der Waals surface area contributed by atoms with E-state index in [1.807, 2.05) is 30.3 Å². The summed E-state index contributed by atoms with van der Waals surface area (Å²) in [6.07, 6.45) is -4.05. The molecule has 1 aliphatic rings. The lowest BCUT2D eigenvalue weighted by Gasteiger charge is -2.24. The Morgan fingerprint density at radius 3 is 2.64 bits per heavy atom. The highest BCUT2D eigenvalue weighted by atomic mass is 19.4. The van der Waals surface area contributed by atoms with Gasteiger partial charge < -0.3 is 10.4 Å². The van der Waals surface area contributed by atoms with Crippen molar-refractivity contribution < 1.29 is 23.1 Å². The van der Waals surface area contributed by atoms with E-state index in [1.54, 1.807) is 0 Å². The minimum Gasteiger partial charge on any atom is -0.387 e. The molecule has 1 heterocycles. The summed E-state index contributed by atoms with van der Waals surface area (Å²) in [6.45, 7) is 1.34. The Bertz CT molecular complexity index is 796. The van der Waals surface area contributed by atoms with E-state index in [9.17, 15) is 23.1 Å². The van der Waals surface area contributed by atoms with Crippen LogP contribution in [-0.4, -0.2) is 35.0 Å². The molecule has 2 atom stereocenters. The number of carbonyl (C=O) groups is 1. The molecule has 1 amide bonds. The van der Waals surface area contributed by atoms with Crippen LogP contribution in [0.5, 0.6) is 0 Å². The van der Waals surface area contributed by atoms with Gasteiger partial charge in [0.25, 0.3) is 0 Å². The fourth-order valence-electron chi connectivity index (χ4n) is 3.49. The van der Waals surface area contributed by atoms with Crippen LogP contribution in [0.3, 0.4) is 0 Å². The molecule has 28 heavy (non-hydrogen) atoms. The first-order valence-corrected chi connectivity index (χ1v) is 9.25. The molecular weight excluding hydrogens is 369 g/mol. The van der Waals surface area contributed by atoms with Crippen LogP contribution in [0.15, 0.2) is 54.6 Å². The molecule has 2 aromatic rings. The largest absolute Gasteiger partial charge is 0.416 e. The van der Waals surface area contributed by atoms with E-state index in [-0.39, 0.29) is 24.1 Å². The molecule has 0 aliphatic carbocycles. The molecule has 7 heteroatoms. The van der Waals surface area contributed by atoms with Crippen molar-refractivity contribution in [3.05, 3.63) is 71.3 Å². The zero-order valence-electron chi connectivity index (χ0n) is 15.3. The molecule has 150 valence electrons. The fourth-order valence-corrected chi connectivity index (χ4v) is 3.49. The van der Waals surface area contributed by atoms with Crippen LogP contribution >= 0.6 is 0 Å². The molecule has 4 nitrogen and oxygen atoms in total. The van der Waals surface area contributed by atoms with Gasteiger partial charge in [0.15, 0.2) is 0 Å². The maximum Gasteiger partial charge on any atom is 0.416 e. The topological polar surface area (TPSA) is 52.6 Å². The number of hydrogen-bond donors (Lipinski definition) is 2. The first-order chi connectivity index (χ1) is 13.3. The summed E-state index contributed by atoms with van der Waals surface area (Å²) in [5, 5.41) is 12.9.